The van der Waals surface area contributed by atoms with Crippen LogP contribution in [0.4, 0.5) is 0 Å². The average Bonchev–Trinajstić information content (AvgIpc) is 2.10. The largest absolute Gasteiger partial charge is 0.507 e. The van der Waals surface area contributed by atoms with Gasteiger partial charge >= 0.3 is 0 Å². The lowest BCUT2D eigenvalue weighted by atomic mass is 10.0. The molecule has 0 fully saturated rings. The van der Waals surface area contributed by atoms with Crippen LogP contribution in [0, 0.1) is 18.3 Å². The summed E-state index contributed by atoms with van der Waals surface area (Å²) >= 11 is 0. The molecule has 0 saturated heterocycles. The summed E-state index contributed by atoms with van der Waals surface area (Å²) in [6, 6.07) is 6.94. The van der Waals surface area contributed by atoms with Crippen molar-refractivity contribution in [3.63, 3.8) is 0 Å². The van der Waals surface area contributed by atoms with Crippen molar-refractivity contribution in [2.75, 3.05) is 0 Å². The fraction of sp³-hybridized carbons (Fsp3) is 0.300. The topological polar surface area (TPSA) is 70.0 Å². The number of phenolic OH excluding ortho intramolecular Hbond substituents is 1. The fourth-order valence-corrected chi connectivity index (χ4v) is 1.19. The fourth-order valence-electron chi connectivity index (χ4n) is 1.19. The van der Waals surface area contributed by atoms with E-state index in [9.17, 15) is 5.11 Å². The molecule has 0 aliphatic heterocycles. The van der Waals surface area contributed by atoms with Gasteiger partial charge in [-0.05, 0) is 12.5 Å². The highest BCUT2D eigenvalue weighted by molar-refractivity contribution is 5.85. The number of phenols is 1. The minimum Gasteiger partial charge on any atom is -0.507 e. The van der Waals surface area contributed by atoms with E-state index in [0.717, 1.165) is 5.56 Å². The minimum absolute atomic E-state index is 0. The first-order valence-electron chi connectivity index (χ1n) is 4.08. The van der Waals surface area contributed by atoms with E-state index >= 15 is 0 Å². The van der Waals surface area contributed by atoms with Crippen LogP contribution in [0.25, 0.3) is 0 Å². The van der Waals surface area contributed by atoms with Crippen molar-refractivity contribution in [3.05, 3.63) is 29.3 Å². The highest BCUT2D eigenvalue weighted by Gasteiger charge is 2.10. The molecule has 0 heterocycles. The molecule has 1 aromatic carbocycles. The standard InChI is InChI=1S/C10H12N2O.ClH/c1-7-3-2-4-8(10(7)13)9(12)5-6-11;/h2-4,9,13H,5,12H2,1H3;1H/t9-;/m1./s1. The Morgan fingerprint density at radius 1 is 1.57 bits per heavy atom. The average molecular weight is 213 g/mol. The molecule has 14 heavy (non-hydrogen) atoms. The van der Waals surface area contributed by atoms with Gasteiger partial charge in [-0.2, -0.15) is 5.26 Å². The van der Waals surface area contributed by atoms with Gasteiger partial charge in [0.1, 0.15) is 5.75 Å². The van der Waals surface area contributed by atoms with E-state index < -0.39 is 6.04 Å². The van der Waals surface area contributed by atoms with Gasteiger partial charge in [0.2, 0.25) is 0 Å². The highest BCUT2D eigenvalue weighted by Crippen LogP contribution is 2.27. The number of hydrogen-bond donors (Lipinski definition) is 2. The van der Waals surface area contributed by atoms with Gasteiger partial charge in [-0.25, -0.2) is 0 Å². The molecule has 0 saturated carbocycles. The lowest BCUT2D eigenvalue weighted by Crippen LogP contribution is -2.09. The van der Waals surface area contributed by atoms with Crippen molar-refractivity contribution in [1.82, 2.24) is 0 Å². The molecule has 76 valence electrons. The number of aryl methyl sites for hydroxylation is 1. The van der Waals surface area contributed by atoms with Crippen molar-refractivity contribution >= 4 is 12.4 Å². The minimum atomic E-state index is -0.398. The molecular weight excluding hydrogens is 200 g/mol. The second-order valence-electron chi connectivity index (χ2n) is 2.98. The summed E-state index contributed by atoms with van der Waals surface area (Å²) in [5.74, 6) is 0.199. The molecule has 0 unspecified atom stereocenters. The Kier molecular flexibility index (Phi) is 5.00. The first-order valence-corrected chi connectivity index (χ1v) is 4.08. The van der Waals surface area contributed by atoms with Crippen molar-refractivity contribution in [3.8, 4) is 11.8 Å². The van der Waals surface area contributed by atoms with Crippen LogP contribution in [0.3, 0.4) is 0 Å². The van der Waals surface area contributed by atoms with Crippen molar-refractivity contribution in [2.24, 2.45) is 5.73 Å². The van der Waals surface area contributed by atoms with Gasteiger partial charge in [0.05, 0.1) is 12.5 Å². The number of para-hydroxylation sites is 1. The maximum atomic E-state index is 9.61. The van der Waals surface area contributed by atoms with Crippen LogP contribution in [-0.4, -0.2) is 5.11 Å². The molecule has 0 aliphatic carbocycles. The van der Waals surface area contributed by atoms with Gasteiger partial charge < -0.3 is 10.8 Å². The third-order valence-corrected chi connectivity index (χ3v) is 1.98. The second-order valence-corrected chi connectivity index (χ2v) is 2.98. The molecule has 3 nitrogen and oxygen atoms in total. The Morgan fingerprint density at radius 2 is 2.21 bits per heavy atom. The molecule has 3 N–H and O–H groups in total. The number of hydrogen-bond acceptors (Lipinski definition) is 3. The smallest absolute Gasteiger partial charge is 0.123 e. The number of benzene rings is 1. The Hall–Kier alpha value is -1.24. The summed E-state index contributed by atoms with van der Waals surface area (Å²) < 4.78 is 0. The second kappa shape index (κ2) is 5.48. The quantitative estimate of drug-likeness (QED) is 0.788. The van der Waals surface area contributed by atoms with Crippen LogP contribution >= 0.6 is 12.4 Å². The van der Waals surface area contributed by atoms with Crippen LogP contribution in [0.2, 0.25) is 0 Å². The van der Waals surface area contributed by atoms with E-state index in [-0.39, 0.29) is 24.6 Å². The third kappa shape index (κ3) is 2.63. The van der Waals surface area contributed by atoms with E-state index in [1.54, 1.807) is 19.1 Å². The maximum absolute atomic E-state index is 9.61. The number of nitrogens with two attached hydrogens (primary N) is 1. The van der Waals surface area contributed by atoms with Crippen LogP contribution in [0.5, 0.6) is 5.75 Å². The zero-order chi connectivity index (χ0) is 9.84. The van der Waals surface area contributed by atoms with Crippen LogP contribution < -0.4 is 5.73 Å². The van der Waals surface area contributed by atoms with Gasteiger partial charge in [0.15, 0.2) is 0 Å². The Balaban J connectivity index is 0.00000169. The molecule has 0 bridgehead atoms. The predicted octanol–water partition coefficient (Wildman–Crippen LogP) is 2.04. The number of halogens is 1. The summed E-state index contributed by atoms with van der Waals surface area (Å²) in [5, 5.41) is 18.1. The van der Waals surface area contributed by atoms with Crippen molar-refractivity contribution in [2.45, 2.75) is 19.4 Å². The van der Waals surface area contributed by atoms with Crippen LogP contribution in [0.15, 0.2) is 18.2 Å². The van der Waals surface area contributed by atoms with E-state index in [4.69, 9.17) is 11.0 Å². The van der Waals surface area contributed by atoms with Gasteiger partial charge in [0.25, 0.3) is 0 Å². The van der Waals surface area contributed by atoms with Gasteiger partial charge in [0, 0.05) is 11.6 Å². The Bertz CT molecular complexity index is 346. The maximum Gasteiger partial charge on any atom is 0.123 e. The molecule has 0 spiro atoms. The summed E-state index contributed by atoms with van der Waals surface area (Å²) in [6.45, 7) is 1.80. The van der Waals surface area contributed by atoms with E-state index in [1.165, 1.54) is 0 Å². The van der Waals surface area contributed by atoms with Crippen LogP contribution in [0.1, 0.15) is 23.6 Å². The Labute approximate surface area is 89.6 Å². The lowest BCUT2D eigenvalue weighted by molar-refractivity contribution is 0.458. The highest BCUT2D eigenvalue weighted by atomic mass is 35.5. The molecular formula is C10H13ClN2O. The van der Waals surface area contributed by atoms with E-state index in [0.29, 0.717) is 5.56 Å². The monoisotopic (exact) mass is 212 g/mol. The Morgan fingerprint density at radius 3 is 2.79 bits per heavy atom. The molecule has 1 aromatic rings. The molecule has 0 aliphatic rings. The summed E-state index contributed by atoms with van der Waals surface area (Å²) in [6.07, 6.45) is 0.219. The number of rotatable bonds is 2. The first kappa shape index (κ1) is 12.8. The van der Waals surface area contributed by atoms with Gasteiger partial charge in [-0.15, -0.1) is 12.4 Å². The van der Waals surface area contributed by atoms with Crippen LogP contribution in [-0.2, 0) is 0 Å². The SMILES string of the molecule is Cc1cccc([C@H](N)CC#N)c1O.Cl. The summed E-state index contributed by atoms with van der Waals surface area (Å²) in [4.78, 5) is 0. The summed E-state index contributed by atoms with van der Waals surface area (Å²) in [5.41, 5.74) is 7.12. The zero-order valence-electron chi connectivity index (χ0n) is 7.90. The molecule has 0 amide bonds. The number of aromatic hydroxyl groups is 1. The molecule has 0 radical (unpaired) electrons. The number of nitrogens with zero attached hydrogens (tertiary/aromatic N) is 1. The van der Waals surface area contributed by atoms with Crippen molar-refractivity contribution < 1.29 is 5.11 Å². The number of nitriles is 1. The predicted molar refractivity (Wildman–Crippen MR) is 57.3 cm³/mol. The van der Waals surface area contributed by atoms with Gasteiger partial charge in [-0.1, -0.05) is 18.2 Å². The molecule has 1 rings (SSSR count). The normalized spacial score (nSPS) is 11.2. The first-order chi connectivity index (χ1) is 6.16. The van der Waals surface area contributed by atoms with Gasteiger partial charge in [-0.3, -0.25) is 0 Å². The van der Waals surface area contributed by atoms with E-state index in [2.05, 4.69) is 0 Å². The molecule has 0 aromatic heterocycles. The molecule has 4 heteroatoms. The molecule has 1 atom stereocenters. The lowest BCUT2D eigenvalue weighted by Gasteiger charge is -2.11. The zero-order valence-corrected chi connectivity index (χ0v) is 8.71. The third-order valence-electron chi connectivity index (χ3n) is 1.98. The van der Waals surface area contributed by atoms with E-state index in [1.807, 2.05) is 12.1 Å². The van der Waals surface area contributed by atoms with Crippen molar-refractivity contribution in [1.29, 1.82) is 5.26 Å². The summed E-state index contributed by atoms with van der Waals surface area (Å²) in [7, 11) is 0.